The molecule has 1 aliphatic rings. The highest BCUT2D eigenvalue weighted by Crippen LogP contribution is 2.18. The first-order chi connectivity index (χ1) is 13.4. The molecule has 1 aromatic heterocycles. The van der Waals surface area contributed by atoms with Crippen LogP contribution in [0, 0.1) is 0 Å². The van der Waals surface area contributed by atoms with E-state index in [0.717, 1.165) is 9.37 Å². The number of aromatic nitrogens is 1. The van der Waals surface area contributed by atoms with Gasteiger partial charge in [0.1, 0.15) is 0 Å². The highest BCUT2D eigenvalue weighted by Gasteiger charge is 2.31. The summed E-state index contributed by atoms with van der Waals surface area (Å²) in [6.45, 7) is 2.11. The van der Waals surface area contributed by atoms with E-state index in [-0.39, 0.29) is 17.3 Å². The Labute approximate surface area is 172 Å². The third-order valence-electron chi connectivity index (χ3n) is 4.37. The molecule has 1 aliphatic heterocycles. The molecule has 148 valence electrons. The maximum Gasteiger partial charge on any atom is 0.295 e. The second-order valence-electron chi connectivity index (χ2n) is 6.33. The Kier molecular flexibility index (Phi) is 6.89. The fraction of sp³-hybridized carbons (Fsp3) is 0.278. The number of hydrogen-bond donors (Lipinski definition) is 2. The molecular formula is C18H21BrN5O3S+. The molecule has 3 rings (SSSR count). The van der Waals surface area contributed by atoms with Crippen LogP contribution in [0.15, 0.2) is 63.1 Å². The number of quaternary nitrogens is 1. The van der Waals surface area contributed by atoms with Crippen molar-refractivity contribution in [2.45, 2.75) is 4.90 Å². The van der Waals surface area contributed by atoms with Crippen LogP contribution in [0.1, 0.15) is 5.69 Å². The number of hydrazone groups is 1. The number of hydrogen-bond acceptors (Lipinski definition) is 5. The topological polar surface area (TPSA) is 96.2 Å². The molecule has 0 saturated carbocycles. The average molecular weight is 467 g/mol. The van der Waals surface area contributed by atoms with Crippen LogP contribution in [0.25, 0.3) is 0 Å². The number of nitrogens with one attached hydrogen (secondary N) is 2. The van der Waals surface area contributed by atoms with Crippen molar-refractivity contribution in [3.63, 3.8) is 0 Å². The first-order valence-electron chi connectivity index (χ1n) is 8.77. The van der Waals surface area contributed by atoms with E-state index >= 15 is 0 Å². The van der Waals surface area contributed by atoms with Gasteiger partial charge in [-0.3, -0.25) is 9.78 Å². The van der Waals surface area contributed by atoms with E-state index in [0.29, 0.717) is 31.9 Å². The molecule has 1 amide bonds. The number of piperazine rings is 1. The smallest absolute Gasteiger partial charge is 0.295 e. The molecular weight excluding hydrogens is 446 g/mol. The summed E-state index contributed by atoms with van der Waals surface area (Å²) in [5.74, 6) is -0.216. The summed E-state index contributed by atoms with van der Waals surface area (Å²) >= 11 is 3.31. The van der Waals surface area contributed by atoms with Crippen LogP contribution in [-0.2, 0) is 14.8 Å². The van der Waals surface area contributed by atoms with E-state index in [1.54, 1.807) is 42.6 Å². The van der Waals surface area contributed by atoms with Crippen LogP contribution < -0.4 is 10.3 Å². The van der Waals surface area contributed by atoms with E-state index in [1.165, 1.54) is 10.5 Å². The summed E-state index contributed by atoms with van der Waals surface area (Å²) in [5, 5.41) is 3.90. The molecule has 0 radical (unpaired) electrons. The van der Waals surface area contributed by atoms with Crippen molar-refractivity contribution < 1.29 is 18.1 Å². The zero-order valence-electron chi connectivity index (χ0n) is 15.1. The van der Waals surface area contributed by atoms with E-state index in [2.05, 4.69) is 31.4 Å². The Morgan fingerprint density at radius 3 is 2.57 bits per heavy atom. The van der Waals surface area contributed by atoms with Crippen molar-refractivity contribution in [1.82, 2.24) is 14.7 Å². The van der Waals surface area contributed by atoms with Gasteiger partial charge in [0.05, 0.1) is 43.0 Å². The standard InChI is InChI=1S/C18H20BrN5O3S/c19-15-4-6-17(7-5-15)28(26,27)24-11-9-23(10-12-24)14-18(25)22-21-13-16-3-1-2-8-20-16/h1-8,13H,9-12,14H2,(H,22,25)/p+1/b21-13-. The quantitative estimate of drug-likeness (QED) is 0.458. The van der Waals surface area contributed by atoms with Gasteiger partial charge in [-0.15, -0.1) is 0 Å². The number of amides is 1. The van der Waals surface area contributed by atoms with Crippen LogP contribution >= 0.6 is 15.9 Å². The maximum atomic E-state index is 12.7. The number of benzene rings is 1. The Balaban J connectivity index is 1.48. The number of nitrogens with zero attached hydrogens (tertiary/aromatic N) is 3. The van der Waals surface area contributed by atoms with Crippen LogP contribution in [-0.4, -0.2) is 62.6 Å². The molecule has 0 unspecified atom stereocenters. The minimum Gasteiger partial charge on any atom is -0.325 e. The molecule has 10 heteroatoms. The summed E-state index contributed by atoms with van der Waals surface area (Å²) in [5.41, 5.74) is 3.14. The second-order valence-corrected chi connectivity index (χ2v) is 9.19. The van der Waals surface area contributed by atoms with E-state index < -0.39 is 10.0 Å². The van der Waals surface area contributed by atoms with Crippen LogP contribution in [0.3, 0.4) is 0 Å². The van der Waals surface area contributed by atoms with Gasteiger partial charge in [-0.2, -0.15) is 9.41 Å². The van der Waals surface area contributed by atoms with Crippen molar-refractivity contribution in [3.05, 3.63) is 58.8 Å². The third kappa shape index (κ3) is 5.44. The molecule has 1 fully saturated rings. The Hall–Kier alpha value is -2.14. The Morgan fingerprint density at radius 2 is 1.93 bits per heavy atom. The van der Waals surface area contributed by atoms with Gasteiger partial charge in [0, 0.05) is 10.7 Å². The Bertz CT molecular complexity index is 927. The zero-order valence-corrected chi connectivity index (χ0v) is 17.5. The molecule has 0 aliphatic carbocycles. The SMILES string of the molecule is O=C(C[NH+]1CCN(S(=O)(=O)c2ccc(Br)cc2)CC1)N/N=C\c1ccccn1. The van der Waals surface area contributed by atoms with E-state index in [9.17, 15) is 13.2 Å². The summed E-state index contributed by atoms with van der Waals surface area (Å²) in [4.78, 5) is 17.4. The molecule has 2 heterocycles. The molecule has 28 heavy (non-hydrogen) atoms. The van der Waals surface area contributed by atoms with Gasteiger partial charge in [-0.05, 0) is 36.4 Å². The third-order valence-corrected chi connectivity index (χ3v) is 6.81. The summed E-state index contributed by atoms with van der Waals surface area (Å²) in [6, 6.07) is 12.0. The Morgan fingerprint density at radius 1 is 1.21 bits per heavy atom. The van der Waals surface area contributed by atoms with Gasteiger partial charge >= 0.3 is 0 Å². The number of sulfonamides is 1. The minimum atomic E-state index is -3.51. The van der Waals surface area contributed by atoms with Crippen molar-refractivity contribution in [3.8, 4) is 0 Å². The van der Waals surface area contributed by atoms with Crippen molar-refractivity contribution in [1.29, 1.82) is 0 Å². The first kappa shape index (κ1) is 20.6. The monoisotopic (exact) mass is 466 g/mol. The number of halogens is 1. The summed E-state index contributed by atoms with van der Waals surface area (Å²) in [7, 11) is -3.51. The highest BCUT2D eigenvalue weighted by atomic mass is 79.9. The largest absolute Gasteiger partial charge is 0.325 e. The van der Waals surface area contributed by atoms with E-state index in [4.69, 9.17) is 0 Å². The van der Waals surface area contributed by atoms with Gasteiger partial charge in [0.2, 0.25) is 10.0 Å². The number of rotatable bonds is 6. The fourth-order valence-electron chi connectivity index (χ4n) is 2.86. The lowest BCUT2D eigenvalue weighted by atomic mass is 10.3. The molecule has 1 aromatic carbocycles. The first-order valence-corrected chi connectivity index (χ1v) is 11.0. The molecule has 0 bridgehead atoms. The lowest BCUT2D eigenvalue weighted by Crippen LogP contribution is -3.15. The second kappa shape index (κ2) is 9.37. The summed E-state index contributed by atoms with van der Waals surface area (Å²) in [6.07, 6.45) is 3.13. The molecule has 1 saturated heterocycles. The summed E-state index contributed by atoms with van der Waals surface area (Å²) < 4.78 is 27.7. The zero-order chi connectivity index (χ0) is 20.0. The fourth-order valence-corrected chi connectivity index (χ4v) is 4.57. The van der Waals surface area contributed by atoms with Crippen molar-refractivity contribution >= 4 is 38.1 Å². The normalized spacial score (nSPS) is 16.3. The molecule has 0 atom stereocenters. The van der Waals surface area contributed by atoms with Gasteiger partial charge in [-0.1, -0.05) is 22.0 Å². The average Bonchev–Trinajstić information content (AvgIpc) is 2.69. The van der Waals surface area contributed by atoms with Gasteiger partial charge in [0.25, 0.3) is 5.91 Å². The van der Waals surface area contributed by atoms with Crippen LogP contribution in [0.5, 0.6) is 0 Å². The molecule has 2 aromatic rings. The van der Waals surface area contributed by atoms with Crippen LogP contribution in [0.4, 0.5) is 0 Å². The van der Waals surface area contributed by atoms with E-state index in [1.807, 2.05) is 6.07 Å². The molecule has 2 N–H and O–H groups in total. The lowest BCUT2D eigenvalue weighted by Gasteiger charge is -2.31. The van der Waals surface area contributed by atoms with Crippen molar-refractivity contribution in [2.75, 3.05) is 32.7 Å². The highest BCUT2D eigenvalue weighted by molar-refractivity contribution is 9.10. The maximum absolute atomic E-state index is 12.7. The lowest BCUT2D eigenvalue weighted by molar-refractivity contribution is -0.895. The van der Waals surface area contributed by atoms with Gasteiger partial charge in [0.15, 0.2) is 6.54 Å². The van der Waals surface area contributed by atoms with Crippen LogP contribution in [0.2, 0.25) is 0 Å². The van der Waals surface area contributed by atoms with Gasteiger partial charge in [-0.25, -0.2) is 13.8 Å². The predicted octanol–water partition coefficient (Wildman–Crippen LogP) is -0.116. The number of carbonyl (C=O) groups excluding carboxylic acids is 1. The molecule has 0 spiro atoms. The number of carbonyl (C=O) groups is 1. The number of pyridine rings is 1. The minimum absolute atomic E-state index is 0.216. The van der Waals surface area contributed by atoms with Gasteiger partial charge < -0.3 is 4.90 Å². The van der Waals surface area contributed by atoms with Crippen molar-refractivity contribution in [2.24, 2.45) is 5.10 Å². The molecule has 8 nitrogen and oxygen atoms in total. The predicted molar refractivity (Wildman–Crippen MR) is 108 cm³/mol.